The second kappa shape index (κ2) is 12.7. The van der Waals surface area contributed by atoms with E-state index in [1.165, 1.54) is 0 Å². The van der Waals surface area contributed by atoms with Crippen molar-refractivity contribution in [3.05, 3.63) is 71.4 Å². The van der Waals surface area contributed by atoms with Gasteiger partial charge in [0.25, 0.3) is 0 Å². The fourth-order valence-corrected chi connectivity index (χ4v) is 10.4. The lowest BCUT2D eigenvalue weighted by atomic mass is 9.99. The summed E-state index contributed by atoms with van der Waals surface area (Å²) >= 11 is 6.75. The first-order valence-electron chi connectivity index (χ1n) is 17.7. The number of nitrogens with zero attached hydrogens (tertiary/aromatic N) is 4. The van der Waals surface area contributed by atoms with Gasteiger partial charge in [-0.15, -0.1) is 0 Å². The Bertz CT molecular complexity index is 2130. The molecule has 10 nitrogen and oxygen atoms in total. The Morgan fingerprint density at radius 2 is 1.43 bits per heavy atom. The molecule has 268 valence electrons. The smallest absolute Gasteiger partial charge is 0.410 e. The number of carbonyl (C=O) groups excluding carboxylic acids is 2. The largest absolute Gasteiger partial charge is 0.444 e. The monoisotopic (exact) mass is 726 g/mol. The van der Waals surface area contributed by atoms with Gasteiger partial charge in [-0.2, -0.15) is 0 Å². The second-order valence-corrected chi connectivity index (χ2v) is 22.1. The fraction of sp³-hybridized carbons (Fsp3) is 0.436. The highest BCUT2D eigenvalue weighted by molar-refractivity contribution is 6.78. The van der Waals surface area contributed by atoms with E-state index in [1.807, 2.05) is 58.6 Å². The van der Waals surface area contributed by atoms with E-state index in [1.54, 1.807) is 4.90 Å². The van der Waals surface area contributed by atoms with Crippen molar-refractivity contribution in [1.82, 2.24) is 29.7 Å². The lowest BCUT2D eigenvalue weighted by molar-refractivity contribution is 0.0212. The van der Waals surface area contributed by atoms with Crippen LogP contribution in [0, 0.1) is 0 Å². The van der Waals surface area contributed by atoms with E-state index >= 15 is 0 Å². The summed E-state index contributed by atoms with van der Waals surface area (Å²) in [6.45, 7) is 16.5. The van der Waals surface area contributed by atoms with Gasteiger partial charge >= 0.3 is 12.2 Å². The Morgan fingerprint density at radius 3 is 2.12 bits per heavy atom. The highest BCUT2D eigenvalue weighted by atomic mass is 35.5. The van der Waals surface area contributed by atoms with Gasteiger partial charge in [-0.3, -0.25) is 4.90 Å². The summed E-state index contributed by atoms with van der Waals surface area (Å²) < 4.78 is 11.4. The molecular formula is C39H47ClN6O4Si. The third-order valence-electron chi connectivity index (χ3n) is 9.52. The highest BCUT2D eigenvalue weighted by Crippen LogP contribution is 2.40. The van der Waals surface area contributed by atoms with Gasteiger partial charge < -0.3 is 24.3 Å². The molecule has 2 N–H and O–H groups in total. The van der Waals surface area contributed by atoms with Gasteiger partial charge in [0, 0.05) is 23.7 Å². The standard InChI is InChI=1S/C39H47ClN6O4Si/c1-38(2,3)49-36(47)45-19-9-10-29(45)34-41-28-18-16-26-20-25(15-17-27(26)32(28)43-34)23-11-13-24(14-12-23)31-33(40)44-35(42-31)30-21-51(7,8)22-46(30)37(48)50-39(4,5)6/h11-18,20,29-30H,9-10,19,21-22H2,1-8H3,(H,41,43)(H,42,44)/t29-,30-/m0/s1. The quantitative estimate of drug-likeness (QED) is 0.178. The van der Waals surface area contributed by atoms with Crippen LogP contribution in [0.2, 0.25) is 24.3 Å². The molecule has 2 saturated heterocycles. The van der Waals surface area contributed by atoms with Crippen LogP contribution < -0.4 is 0 Å². The number of fused-ring (bicyclic) bond motifs is 3. The fourth-order valence-electron chi connectivity index (χ4n) is 7.31. The first-order chi connectivity index (χ1) is 23.9. The molecular weight excluding hydrogens is 680 g/mol. The van der Waals surface area contributed by atoms with E-state index in [-0.39, 0.29) is 24.3 Å². The number of likely N-dealkylation sites (tertiary alicyclic amines) is 1. The number of carbonyl (C=O) groups is 2. The zero-order chi connectivity index (χ0) is 36.5. The lowest BCUT2D eigenvalue weighted by Crippen LogP contribution is -2.39. The van der Waals surface area contributed by atoms with Gasteiger partial charge in [0.05, 0.1) is 31.2 Å². The number of nitrogens with one attached hydrogen (secondary N) is 2. The van der Waals surface area contributed by atoms with Gasteiger partial charge in [-0.25, -0.2) is 19.6 Å². The number of halogens is 1. The molecule has 0 radical (unpaired) electrons. The number of benzene rings is 3. The van der Waals surface area contributed by atoms with Crippen molar-refractivity contribution in [2.75, 3.05) is 12.7 Å². The first-order valence-corrected chi connectivity index (χ1v) is 21.5. The molecule has 2 aromatic heterocycles. The summed E-state index contributed by atoms with van der Waals surface area (Å²) in [6.07, 6.45) is 1.84. The average Bonchev–Trinajstić information content (AvgIpc) is 3.83. The zero-order valence-corrected chi connectivity index (χ0v) is 32.4. The van der Waals surface area contributed by atoms with Crippen LogP contribution in [0.1, 0.15) is 78.1 Å². The summed E-state index contributed by atoms with van der Waals surface area (Å²) in [5.74, 6) is 1.48. The molecule has 2 atom stereocenters. The number of imidazole rings is 2. The lowest BCUT2D eigenvalue weighted by Gasteiger charge is -2.28. The minimum atomic E-state index is -1.68. The van der Waals surface area contributed by atoms with Crippen LogP contribution in [0.4, 0.5) is 9.59 Å². The minimum Gasteiger partial charge on any atom is -0.444 e. The molecule has 0 aliphatic carbocycles. The topological polar surface area (TPSA) is 116 Å². The van der Waals surface area contributed by atoms with Crippen molar-refractivity contribution in [3.8, 4) is 22.4 Å². The van der Waals surface area contributed by atoms with Crippen molar-refractivity contribution in [3.63, 3.8) is 0 Å². The third kappa shape index (κ3) is 7.23. The molecule has 2 aliphatic rings. The van der Waals surface area contributed by atoms with Crippen LogP contribution in [0.15, 0.2) is 54.6 Å². The van der Waals surface area contributed by atoms with E-state index in [4.69, 9.17) is 31.0 Å². The molecule has 0 bridgehead atoms. The minimum absolute atomic E-state index is 0.144. The van der Waals surface area contributed by atoms with Crippen LogP contribution in [0.25, 0.3) is 44.2 Å². The van der Waals surface area contributed by atoms with E-state index in [0.717, 1.165) is 63.2 Å². The number of ether oxygens (including phenoxy) is 2. The van der Waals surface area contributed by atoms with Gasteiger partial charge in [0.15, 0.2) is 0 Å². The van der Waals surface area contributed by atoms with Crippen LogP contribution in [0.5, 0.6) is 0 Å². The van der Waals surface area contributed by atoms with Crippen LogP contribution >= 0.6 is 11.6 Å². The second-order valence-electron chi connectivity index (χ2n) is 16.7. The average molecular weight is 727 g/mol. The Labute approximate surface area is 304 Å². The van der Waals surface area contributed by atoms with E-state index in [2.05, 4.69) is 65.5 Å². The summed E-state index contributed by atoms with van der Waals surface area (Å²) in [7, 11) is -1.68. The van der Waals surface area contributed by atoms with Crippen molar-refractivity contribution in [2.24, 2.45) is 0 Å². The molecule has 0 unspecified atom stereocenters. The Kier molecular flexibility index (Phi) is 8.73. The Morgan fingerprint density at radius 1 is 0.804 bits per heavy atom. The number of H-pyrrole nitrogens is 2. The maximum Gasteiger partial charge on any atom is 0.410 e. The van der Waals surface area contributed by atoms with Gasteiger partial charge in [-0.1, -0.05) is 67.2 Å². The molecule has 12 heteroatoms. The summed E-state index contributed by atoms with van der Waals surface area (Å²) in [5, 5.41) is 2.58. The van der Waals surface area contributed by atoms with Gasteiger partial charge in [0.1, 0.15) is 33.7 Å². The van der Waals surface area contributed by atoms with Crippen LogP contribution in [-0.4, -0.2) is 73.9 Å². The van der Waals surface area contributed by atoms with Crippen molar-refractivity contribution < 1.29 is 19.1 Å². The Hall–Kier alpha value is -4.35. The van der Waals surface area contributed by atoms with Crippen molar-refractivity contribution in [2.45, 2.75) is 96.8 Å². The first kappa shape index (κ1) is 35.1. The van der Waals surface area contributed by atoms with Gasteiger partial charge in [-0.05, 0) is 89.1 Å². The Balaban J connectivity index is 1.12. The molecule has 51 heavy (non-hydrogen) atoms. The molecule has 5 aromatic rings. The summed E-state index contributed by atoms with van der Waals surface area (Å²) in [4.78, 5) is 46.5. The number of hydrogen-bond donors (Lipinski definition) is 2. The summed E-state index contributed by atoms with van der Waals surface area (Å²) in [5.41, 5.74) is 4.40. The molecule has 2 amide bonds. The third-order valence-corrected chi connectivity index (χ3v) is 12.5. The zero-order valence-electron chi connectivity index (χ0n) is 30.7. The van der Waals surface area contributed by atoms with E-state index < -0.39 is 19.3 Å². The SMILES string of the molecule is CC(C)(C)OC(=O)N1C[Si](C)(C)C[C@H]1c1nc(-c2ccc(-c3ccc4c(ccc5[nH]c([C@@H]6CCCN6C(=O)OC(C)(C)C)nc54)c3)cc2)c(Cl)[nH]1. The number of hydrogen-bond acceptors (Lipinski definition) is 6. The molecule has 2 aliphatic heterocycles. The molecule has 0 saturated carbocycles. The number of amides is 2. The predicted molar refractivity (Wildman–Crippen MR) is 205 cm³/mol. The van der Waals surface area contributed by atoms with Crippen molar-refractivity contribution in [1.29, 1.82) is 0 Å². The molecule has 4 heterocycles. The van der Waals surface area contributed by atoms with E-state index in [9.17, 15) is 9.59 Å². The molecule has 3 aromatic carbocycles. The predicted octanol–water partition coefficient (Wildman–Crippen LogP) is 10.0. The summed E-state index contributed by atoms with van der Waals surface area (Å²) in [6, 6.07) is 19.3. The number of aromatic amines is 2. The number of rotatable bonds is 4. The molecule has 2 fully saturated rings. The molecule has 7 rings (SSSR count). The maximum atomic E-state index is 13.2. The number of aromatic nitrogens is 4. The van der Waals surface area contributed by atoms with Crippen molar-refractivity contribution >= 4 is 53.7 Å². The highest BCUT2D eigenvalue weighted by Gasteiger charge is 2.45. The molecule has 0 spiro atoms. The normalized spacial score (nSPS) is 19.3. The van der Waals surface area contributed by atoms with E-state index in [0.29, 0.717) is 29.4 Å². The van der Waals surface area contributed by atoms with Crippen LogP contribution in [-0.2, 0) is 9.47 Å². The van der Waals surface area contributed by atoms with Crippen LogP contribution in [0.3, 0.4) is 0 Å². The van der Waals surface area contributed by atoms with Gasteiger partial charge in [0.2, 0.25) is 0 Å². The maximum absolute atomic E-state index is 13.2.